The van der Waals surface area contributed by atoms with Crippen LogP contribution in [0.5, 0.6) is 0 Å². The van der Waals surface area contributed by atoms with E-state index < -0.39 is 6.10 Å². The molecule has 0 aliphatic rings. The second-order valence-electron chi connectivity index (χ2n) is 3.20. The van der Waals surface area contributed by atoms with E-state index in [-0.39, 0.29) is 18.4 Å². The van der Waals surface area contributed by atoms with Crippen LogP contribution in [0.3, 0.4) is 0 Å². The molecule has 0 heterocycles. The van der Waals surface area contributed by atoms with Crippen LogP contribution in [-0.2, 0) is 0 Å². The van der Waals surface area contributed by atoms with Crippen LogP contribution in [0.4, 0.5) is 0 Å². The summed E-state index contributed by atoms with van der Waals surface area (Å²) >= 11 is 0. The largest absolute Gasteiger partial charge is 0.387 e. The molecule has 0 aromatic heterocycles. The van der Waals surface area contributed by atoms with E-state index in [1.807, 2.05) is 44.2 Å². The maximum atomic E-state index is 9.86. The zero-order chi connectivity index (χ0) is 9.68. The standard InChI is InChI=1S/C11H17NO.ClH/c1-3-12-9(2)11(13)10-7-5-4-6-8-10;/h4-9,11-13H,3H2,1-2H3;1H/t9-,11?;/m0./s1. The number of aliphatic hydroxyl groups excluding tert-OH is 1. The van der Waals surface area contributed by atoms with Gasteiger partial charge in [0.15, 0.2) is 0 Å². The van der Waals surface area contributed by atoms with E-state index in [1.54, 1.807) is 0 Å². The molecular weight excluding hydrogens is 198 g/mol. The van der Waals surface area contributed by atoms with Gasteiger partial charge in [-0.15, -0.1) is 12.4 Å². The Hall–Kier alpha value is -0.570. The van der Waals surface area contributed by atoms with Crippen LogP contribution in [0.1, 0.15) is 25.5 Å². The molecule has 0 spiro atoms. The monoisotopic (exact) mass is 215 g/mol. The van der Waals surface area contributed by atoms with Gasteiger partial charge in [-0.2, -0.15) is 0 Å². The van der Waals surface area contributed by atoms with Crippen LogP contribution in [0.2, 0.25) is 0 Å². The Bertz CT molecular complexity index is 240. The highest BCUT2D eigenvalue weighted by Crippen LogP contribution is 2.15. The summed E-state index contributed by atoms with van der Waals surface area (Å²) in [6.45, 7) is 4.90. The molecule has 0 radical (unpaired) electrons. The van der Waals surface area contributed by atoms with Crippen molar-refractivity contribution in [1.29, 1.82) is 0 Å². The molecule has 0 fully saturated rings. The van der Waals surface area contributed by atoms with Crippen molar-refractivity contribution in [3.63, 3.8) is 0 Å². The third kappa shape index (κ3) is 3.66. The number of benzene rings is 1. The average Bonchev–Trinajstić information content (AvgIpc) is 2.18. The first-order valence-electron chi connectivity index (χ1n) is 4.72. The van der Waals surface area contributed by atoms with E-state index in [0.717, 1.165) is 12.1 Å². The number of hydrogen-bond acceptors (Lipinski definition) is 2. The Balaban J connectivity index is 0.00000169. The van der Waals surface area contributed by atoms with Crippen LogP contribution in [0.15, 0.2) is 30.3 Å². The average molecular weight is 216 g/mol. The Morgan fingerprint density at radius 2 is 1.86 bits per heavy atom. The normalized spacial score (nSPS) is 14.2. The Morgan fingerprint density at radius 1 is 1.29 bits per heavy atom. The molecule has 3 heteroatoms. The Kier molecular flexibility index (Phi) is 6.54. The summed E-state index contributed by atoms with van der Waals surface area (Å²) in [5.74, 6) is 0. The lowest BCUT2D eigenvalue weighted by Gasteiger charge is -2.19. The van der Waals surface area contributed by atoms with Gasteiger partial charge in [0.1, 0.15) is 0 Å². The van der Waals surface area contributed by atoms with Gasteiger partial charge in [0.05, 0.1) is 6.10 Å². The summed E-state index contributed by atoms with van der Waals surface area (Å²) < 4.78 is 0. The minimum atomic E-state index is -0.416. The van der Waals surface area contributed by atoms with Gasteiger partial charge >= 0.3 is 0 Å². The molecule has 80 valence electrons. The van der Waals surface area contributed by atoms with Gasteiger partial charge in [-0.25, -0.2) is 0 Å². The van der Waals surface area contributed by atoms with Crippen LogP contribution in [0.25, 0.3) is 0 Å². The number of aliphatic hydroxyl groups is 1. The number of hydrogen-bond donors (Lipinski definition) is 2. The van der Waals surface area contributed by atoms with Gasteiger partial charge in [-0.3, -0.25) is 0 Å². The number of rotatable bonds is 4. The summed E-state index contributed by atoms with van der Waals surface area (Å²) in [6.07, 6.45) is -0.416. The first-order chi connectivity index (χ1) is 6.25. The predicted molar refractivity (Wildman–Crippen MR) is 61.8 cm³/mol. The molecule has 1 aromatic carbocycles. The van der Waals surface area contributed by atoms with Gasteiger partial charge in [-0.1, -0.05) is 37.3 Å². The predicted octanol–water partition coefficient (Wildman–Crippen LogP) is 2.14. The van der Waals surface area contributed by atoms with Crippen molar-refractivity contribution in [2.75, 3.05) is 6.54 Å². The molecule has 0 amide bonds. The van der Waals surface area contributed by atoms with Gasteiger partial charge < -0.3 is 10.4 Å². The van der Waals surface area contributed by atoms with E-state index in [0.29, 0.717) is 0 Å². The number of halogens is 1. The third-order valence-corrected chi connectivity index (χ3v) is 2.14. The van der Waals surface area contributed by atoms with Crippen molar-refractivity contribution in [1.82, 2.24) is 5.32 Å². The molecule has 1 aromatic rings. The quantitative estimate of drug-likeness (QED) is 0.807. The van der Waals surface area contributed by atoms with Crippen LogP contribution >= 0.6 is 12.4 Å². The lowest BCUT2D eigenvalue weighted by Crippen LogP contribution is -2.31. The fourth-order valence-corrected chi connectivity index (χ4v) is 1.37. The fourth-order valence-electron chi connectivity index (χ4n) is 1.37. The van der Waals surface area contributed by atoms with Crippen molar-refractivity contribution in [2.45, 2.75) is 26.0 Å². The molecule has 2 nitrogen and oxygen atoms in total. The summed E-state index contributed by atoms with van der Waals surface area (Å²) in [5, 5.41) is 13.1. The highest BCUT2D eigenvalue weighted by molar-refractivity contribution is 5.85. The van der Waals surface area contributed by atoms with E-state index in [2.05, 4.69) is 5.32 Å². The van der Waals surface area contributed by atoms with Crippen molar-refractivity contribution in [3.8, 4) is 0 Å². The molecule has 1 unspecified atom stereocenters. The molecule has 0 saturated carbocycles. The Morgan fingerprint density at radius 3 is 2.36 bits per heavy atom. The zero-order valence-electron chi connectivity index (χ0n) is 8.60. The molecule has 2 atom stereocenters. The summed E-state index contributed by atoms with van der Waals surface area (Å²) in [4.78, 5) is 0. The summed E-state index contributed by atoms with van der Waals surface area (Å²) in [6, 6.07) is 9.83. The highest BCUT2D eigenvalue weighted by atomic mass is 35.5. The first-order valence-corrected chi connectivity index (χ1v) is 4.72. The van der Waals surface area contributed by atoms with E-state index in [1.165, 1.54) is 0 Å². The fraction of sp³-hybridized carbons (Fsp3) is 0.455. The summed E-state index contributed by atoms with van der Waals surface area (Å²) in [7, 11) is 0. The topological polar surface area (TPSA) is 32.3 Å². The maximum absolute atomic E-state index is 9.86. The minimum absolute atomic E-state index is 0. The van der Waals surface area contributed by atoms with Crippen molar-refractivity contribution in [2.24, 2.45) is 0 Å². The van der Waals surface area contributed by atoms with Crippen molar-refractivity contribution >= 4 is 12.4 Å². The second-order valence-corrected chi connectivity index (χ2v) is 3.20. The molecule has 0 aliphatic carbocycles. The number of nitrogens with one attached hydrogen (secondary N) is 1. The lowest BCUT2D eigenvalue weighted by atomic mass is 10.0. The smallest absolute Gasteiger partial charge is 0.0940 e. The molecule has 14 heavy (non-hydrogen) atoms. The van der Waals surface area contributed by atoms with Crippen LogP contribution < -0.4 is 5.32 Å². The molecular formula is C11H18ClNO. The molecule has 0 saturated heterocycles. The van der Waals surface area contributed by atoms with Gasteiger partial charge in [0, 0.05) is 6.04 Å². The van der Waals surface area contributed by atoms with Crippen molar-refractivity contribution in [3.05, 3.63) is 35.9 Å². The van der Waals surface area contributed by atoms with Gasteiger partial charge in [-0.05, 0) is 19.0 Å². The SMILES string of the molecule is CCN[C@@H](C)C(O)c1ccccc1.Cl. The number of likely N-dealkylation sites (N-methyl/N-ethyl adjacent to an activating group) is 1. The second kappa shape index (κ2) is 6.82. The van der Waals surface area contributed by atoms with Gasteiger partial charge in [0.25, 0.3) is 0 Å². The lowest BCUT2D eigenvalue weighted by molar-refractivity contribution is 0.137. The van der Waals surface area contributed by atoms with Gasteiger partial charge in [0.2, 0.25) is 0 Å². The van der Waals surface area contributed by atoms with Crippen LogP contribution in [0, 0.1) is 0 Å². The molecule has 0 aliphatic heterocycles. The third-order valence-electron chi connectivity index (χ3n) is 2.14. The molecule has 0 bridgehead atoms. The zero-order valence-corrected chi connectivity index (χ0v) is 9.42. The minimum Gasteiger partial charge on any atom is -0.387 e. The first kappa shape index (κ1) is 13.4. The van der Waals surface area contributed by atoms with E-state index in [9.17, 15) is 5.11 Å². The highest BCUT2D eigenvalue weighted by Gasteiger charge is 2.13. The summed E-state index contributed by atoms with van der Waals surface area (Å²) in [5.41, 5.74) is 0.968. The van der Waals surface area contributed by atoms with Crippen molar-refractivity contribution < 1.29 is 5.11 Å². The molecule has 1 rings (SSSR count). The van der Waals surface area contributed by atoms with E-state index >= 15 is 0 Å². The Labute approximate surface area is 91.8 Å². The van der Waals surface area contributed by atoms with E-state index in [4.69, 9.17) is 0 Å². The van der Waals surface area contributed by atoms with Crippen LogP contribution in [-0.4, -0.2) is 17.7 Å². The molecule has 2 N–H and O–H groups in total. The maximum Gasteiger partial charge on any atom is 0.0940 e.